The third-order valence-corrected chi connectivity index (χ3v) is 2.97. The molecule has 0 bridgehead atoms. The summed E-state index contributed by atoms with van der Waals surface area (Å²) >= 11 is 0. The van der Waals surface area contributed by atoms with Gasteiger partial charge < -0.3 is 0 Å². The first-order valence-electron chi connectivity index (χ1n) is 6.38. The van der Waals surface area contributed by atoms with Gasteiger partial charge in [-0.3, -0.25) is 14.5 Å². The molecule has 0 aromatic heterocycles. The van der Waals surface area contributed by atoms with Gasteiger partial charge in [-0.15, -0.1) is 0 Å². The third-order valence-electron chi connectivity index (χ3n) is 2.97. The van der Waals surface area contributed by atoms with Gasteiger partial charge in [-0.05, 0) is 24.6 Å². The predicted molar refractivity (Wildman–Crippen MR) is 73.6 cm³/mol. The molecule has 1 aromatic carbocycles. The zero-order valence-corrected chi connectivity index (χ0v) is 11.3. The van der Waals surface area contributed by atoms with E-state index in [1.54, 1.807) is 43.1 Å². The van der Waals surface area contributed by atoms with E-state index in [1.165, 1.54) is 4.90 Å². The second kappa shape index (κ2) is 6.79. The molecule has 0 saturated carbocycles. The van der Waals surface area contributed by atoms with Crippen molar-refractivity contribution in [3.8, 4) is 0 Å². The second-order valence-corrected chi connectivity index (χ2v) is 4.28. The first-order valence-corrected chi connectivity index (χ1v) is 6.38. The van der Waals surface area contributed by atoms with Crippen LogP contribution in [0, 0.1) is 0 Å². The molecule has 20 heavy (non-hydrogen) atoms. The smallest absolute Gasteiger partial charge is 0.261 e. The Kier molecular flexibility index (Phi) is 4.81. The summed E-state index contributed by atoms with van der Waals surface area (Å²) in [6.45, 7) is 0.394. The Morgan fingerprint density at radius 3 is 2.40 bits per heavy atom. The highest BCUT2D eigenvalue weighted by molar-refractivity contribution is 6.21. The van der Waals surface area contributed by atoms with Crippen LogP contribution in [0.4, 0.5) is 0 Å². The second-order valence-electron chi connectivity index (χ2n) is 4.28. The molecule has 0 saturated heterocycles. The van der Waals surface area contributed by atoms with Crippen LogP contribution in [-0.4, -0.2) is 30.4 Å². The lowest BCUT2D eigenvalue weighted by molar-refractivity contribution is -0.842. The van der Waals surface area contributed by atoms with Crippen molar-refractivity contribution in [2.75, 3.05) is 13.7 Å². The SMILES string of the molecule is CO[NH2+]/C=C\C=C/CCN1C(=O)c2ccccc2C1=O. The fourth-order valence-corrected chi connectivity index (χ4v) is 2.01. The van der Waals surface area contributed by atoms with Crippen molar-refractivity contribution in [1.82, 2.24) is 4.90 Å². The molecule has 1 aliphatic rings. The van der Waals surface area contributed by atoms with Crippen LogP contribution in [0.15, 0.2) is 48.7 Å². The average Bonchev–Trinajstić information content (AvgIpc) is 2.71. The van der Waals surface area contributed by atoms with Crippen molar-refractivity contribution in [1.29, 1.82) is 0 Å². The van der Waals surface area contributed by atoms with E-state index in [2.05, 4.69) is 0 Å². The molecular formula is C15H17N2O3+. The van der Waals surface area contributed by atoms with Gasteiger partial charge in [0.05, 0.1) is 18.2 Å². The van der Waals surface area contributed by atoms with Crippen LogP contribution in [-0.2, 0) is 4.84 Å². The van der Waals surface area contributed by atoms with E-state index in [1.807, 2.05) is 18.2 Å². The summed E-state index contributed by atoms with van der Waals surface area (Å²) in [5, 5.41) is 0. The van der Waals surface area contributed by atoms with E-state index >= 15 is 0 Å². The fourth-order valence-electron chi connectivity index (χ4n) is 2.01. The normalized spacial score (nSPS) is 14.8. The summed E-state index contributed by atoms with van der Waals surface area (Å²) in [6.07, 6.45) is 7.98. The molecule has 0 fully saturated rings. The lowest BCUT2D eigenvalue weighted by Gasteiger charge is -2.11. The van der Waals surface area contributed by atoms with Gasteiger partial charge in [0.1, 0.15) is 6.20 Å². The van der Waals surface area contributed by atoms with E-state index in [9.17, 15) is 9.59 Å². The number of amides is 2. The van der Waals surface area contributed by atoms with Crippen molar-refractivity contribution < 1.29 is 19.9 Å². The van der Waals surface area contributed by atoms with Crippen LogP contribution in [0.1, 0.15) is 27.1 Å². The average molecular weight is 273 g/mol. The molecule has 2 N–H and O–H groups in total. The van der Waals surface area contributed by atoms with Crippen LogP contribution < -0.4 is 5.48 Å². The summed E-state index contributed by atoms with van der Waals surface area (Å²) in [5.74, 6) is -0.412. The minimum atomic E-state index is -0.206. The lowest BCUT2D eigenvalue weighted by Crippen LogP contribution is -2.75. The maximum Gasteiger partial charge on any atom is 0.261 e. The summed E-state index contributed by atoms with van der Waals surface area (Å²) < 4.78 is 0. The van der Waals surface area contributed by atoms with Crippen molar-refractivity contribution in [3.05, 3.63) is 59.8 Å². The number of quaternary nitrogens is 1. The number of fused-ring (bicyclic) bond motifs is 1. The van der Waals surface area contributed by atoms with Gasteiger partial charge in [0, 0.05) is 6.54 Å². The maximum absolute atomic E-state index is 12.1. The molecule has 1 aromatic rings. The van der Waals surface area contributed by atoms with Crippen molar-refractivity contribution >= 4 is 11.8 Å². The number of benzene rings is 1. The molecule has 2 amide bonds. The quantitative estimate of drug-likeness (QED) is 0.475. The highest BCUT2D eigenvalue weighted by Gasteiger charge is 2.34. The van der Waals surface area contributed by atoms with Crippen molar-refractivity contribution in [3.63, 3.8) is 0 Å². The first kappa shape index (κ1) is 14.2. The fraction of sp³-hybridized carbons (Fsp3) is 0.200. The third kappa shape index (κ3) is 3.01. The Morgan fingerprint density at radius 1 is 1.15 bits per heavy atom. The Hall–Kier alpha value is -2.24. The molecule has 0 atom stereocenters. The number of carbonyl (C=O) groups is 2. The number of allylic oxidation sites excluding steroid dienone is 2. The van der Waals surface area contributed by atoms with Gasteiger partial charge in [0.25, 0.3) is 11.8 Å². The molecule has 0 spiro atoms. The highest BCUT2D eigenvalue weighted by Crippen LogP contribution is 2.22. The zero-order chi connectivity index (χ0) is 14.4. The Morgan fingerprint density at radius 2 is 1.80 bits per heavy atom. The topological polar surface area (TPSA) is 63.2 Å². The molecule has 2 rings (SSSR count). The van der Waals surface area contributed by atoms with Crippen LogP contribution in [0.2, 0.25) is 0 Å². The molecule has 0 aliphatic carbocycles. The number of hydroxylamine groups is 1. The first-order chi connectivity index (χ1) is 9.75. The van der Waals surface area contributed by atoms with Crippen LogP contribution in [0.3, 0.4) is 0 Å². The number of nitrogens with zero attached hydrogens (tertiary/aromatic N) is 1. The monoisotopic (exact) mass is 273 g/mol. The predicted octanol–water partition coefficient (Wildman–Crippen LogP) is 0.867. The van der Waals surface area contributed by atoms with Gasteiger partial charge in [0.15, 0.2) is 0 Å². The summed E-state index contributed by atoms with van der Waals surface area (Å²) in [5.41, 5.74) is 2.56. The lowest BCUT2D eigenvalue weighted by atomic mass is 10.1. The summed E-state index contributed by atoms with van der Waals surface area (Å²) in [7, 11) is 1.58. The zero-order valence-electron chi connectivity index (χ0n) is 11.3. The number of hydrogen-bond donors (Lipinski definition) is 1. The van der Waals surface area contributed by atoms with E-state index in [-0.39, 0.29) is 11.8 Å². The molecule has 104 valence electrons. The van der Waals surface area contributed by atoms with Gasteiger partial charge >= 0.3 is 0 Å². The van der Waals surface area contributed by atoms with E-state index in [0.29, 0.717) is 24.1 Å². The number of hydrogen-bond acceptors (Lipinski definition) is 3. The Bertz CT molecular complexity index is 529. The summed E-state index contributed by atoms with van der Waals surface area (Å²) in [6, 6.07) is 6.92. The van der Waals surface area contributed by atoms with E-state index in [4.69, 9.17) is 4.84 Å². The van der Waals surface area contributed by atoms with Gasteiger partial charge in [-0.1, -0.05) is 24.3 Å². The van der Waals surface area contributed by atoms with E-state index in [0.717, 1.165) is 0 Å². The molecule has 5 nitrogen and oxygen atoms in total. The maximum atomic E-state index is 12.1. The number of carbonyl (C=O) groups excluding carboxylic acids is 2. The molecule has 1 aliphatic heterocycles. The Balaban J connectivity index is 1.90. The molecular weight excluding hydrogens is 256 g/mol. The molecule has 5 heteroatoms. The van der Waals surface area contributed by atoms with Gasteiger partial charge in [0.2, 0.25) is 0 Å². The van der Waals surface area contributed by atoms with Crippen molar-refractivity contribution in [2.24, 2.45) is 0 Å². The standard InChI is InChI=1S/C15H16N2O3/c1-20-16-10-6-2-3-7-11-17-14(18)12-8-4-5-9-13(12)15(17)19/h2-6,8-10,16H,7,11H2,1H3/p+1/b3-2-,10-6-. The van der Waals surface area contributed by atoms with Gasteiger partial charge in [-0.25, -0.2) is 4.84 Å². The number of rotatable bonds is 6. The number of imide groups is 1. The van der Waals surface area contributed by atoms with Crippen LogP contribution in [0.25, 0.3) is 0 Å². The van der Waals surface area contributed by atoms with E-state index < -0.39 is 0 Å². The molecule has 0 unspecified atom stereocenters. The highest BCUT2D eigenvalue weighted by atomic mass is 16.6. The minimum Gasteiger partial charge on any atom is -0.274 e. The van der Waals surface area contributed by atoms with Crippen LogP contribution in [0.5, 0.6) is 0 Å². The van der Waals surface area contributed by atoms with Crippen LogP contribution >= 0.6 is 0 Å². The molecule has 0 radical (unpaired) electrons. The minimum absolute atomic E-state index is 0.206. The largest absolute Gasteiger partial charge is 0.274 e. The number of nitrogens with two attached hydrogens (primary N) is 1. The van der Waals surface area contributed by atoms with Gasteiger partial charge in [-0.2, -0.15) is 5.48 Å². The summed E-state index contributed by atoms with van der Waals surface area (Å²) in [4.78, 5) is 30.2. The van der Waals surface area contributed by atoms with Crippen molar-refractivity contribution in [2.45, 2.75) is 6.42 Å². The Labute approximate surface area is 117 Å². The molecule has 1 heterocycles.